The summed E-state index contributed by atoms with van der Waals surface area (Å²) in [5, 5.41) is 17.1. The normalized spacial score (nSPS) is 9.43. The molecule has 0 radical (unpaired) electrons. The smallest absolute Gasteiger partial charge is 0.385 e. The van der Waals surface area contributed by atoms with Crippen molar-refractivity contribution in [3.63, 3.8) is 0 Å². The average molecular weight is 282 g/mol. The fourth-order valence-electron chi connectivity index (χ4n) is 1.66. The van der Waals surface area contributed by atoms with Crippen LogP contribution < -0.4 is 9.47 Å². The first-order chi connectivity index (χ1) is 10.3. The zero-order chi connectivity index (χ0) is 14.9. The molecule has 2 aromatic carbocycles. The van der Waals surface area contributed by atoms with E-state index in [9.17, 15) is 0 Å². The highest BCUT2D eigenvalue weighted by Gasteiger charge is 2.04. The van der Waals surface area contributed by atoms with Crippen LogP contribution in [0.5, 0.6) is 11.5 Å². The van der Waals surface area contributed by atoms with Gasteiger partial charge in [-0.2, -0.15) is 0 Å². The van der Waals surface area contributed by atoms with Crippen LogP contribution in [-0.4, -0.2) is 13.2 Å². The second-order valence-electron chi connectivity index (χ2n) is 4.24. The molecular formula is C15H14N4O2+2. The van der Waals surface area contributed by atoms with Crippen molar-refractivity contribution in [2.75, 3.05) is 13.2 Å². The van der Waals surface area contributed by atoms with Crippen molar-refractivity contribution >= 4 is 11.4 Å². The number of hydrogen-bond donors (Lipinski definition) is 0. The Morgan fingerprint density at radius 1 is 0.667 bits per heavy atom. The van der Waals surface area contributed by atoms with Crippen LogP contribution in [0, 0.1) is 10.8 Å². The Labute approximate surface area is 122 Å². The summed E-state index contributed by atoms with van der Waals surface area (Å²) in [6, 6.07) is 13.6. The zero-order valence-electron chi connectivity index (χ0n) is 11.3. The summed E-state index contributed by atoms with van der Waals surface area (Å²) in [6.45, 7) is 1.05. The molecule has 0 amide bonds. The van der Waals surface area contributed by atoms with Gasteiger partial charge in [0.05, 0.1) is 13.2 Å². The van der Waals surface area contributed by atoms with Crippen molar-refractivity contribution in [2.24, 2.45) is 0 Å². The Hall–Kier alpha value is -3.12. The van der Waals surface area contributed by atoms with E-state index in [0.29, 0.717) is 24.6 Å². The highest BCUT2D eigenvalue weighted by atomic mass is 16.5. The summed E-state index contributed by atoms with van der Waals surface area (Å²) in [7, 11) is 0. The number of nitrogens with zero attached hydrogens (tertiary/aromatic N) is 4. The molecule has 0 aromatic heterocycles. The molecule has 0 aliphatic rings. The number of hydrogen-bond acceptors (Lipinski definition) is 4. The second-order valence-corrected chi connectivity index (χ2v) is 4.24. The van der Waals surface area contributed by atoms with E-state index in [0.717, 1.165) is 17.9 Å². The van der Waals surface area contributed by atoms with E-state index < -0.39 is 0 Å². The van der Waals surface area contributed by atoms with E-state index in [1.807, 2.05) is 0 Å². The van der Waals surface area contributed by atoms with Crippen molar-refractivity contribution in [3.8, 4) is 11.5 Å². The third-order valence-electron chi connectivity index (χ3n) is 2.73. The van der Waals surface area contributed by atoms with Crippen LogP contribution in [0.15, 0.2) is 48.5 Å². The van der Waals surface area contributed by atoms with Crippen LogP contribution in [0.1, 0.15) is 6.42 Å². The molecule has 0 aliphatic carbocycles. The summed E-state index contributed by atoms with van der Waals surface area (Å²) in [5.74, 6) is 1.44. The van der Waals surface area contributed by atoms with Crippen molar-refractivity contribution in [3.05, 3.63) is 58.5 Å². The van der Waals surface area contributed by atoms with E-state index in [-0.39, 0.29) is 0 Å². The maximum Gasteiger partial charge on any atom is 0.385 e. The van der Waals surface area contributed by atoms with Gasteiger partial charge in [0, 0.05) is 30.7 Å². The first-order valence-electron chi connectivity index (χ1n) is 6.48. The number of diazo groups is 2. The van der Waals surface area contributed by atoms with Crippen molar-refractivity contribution in [1.82, 2.24) is 0 Å². The maximum absolute atomic E-state index is 8.56. The predicted molar refractivity (Wildman–Crippen MR) is 78.0 cm³/mol. The summed E-state index contributed by atoms with van der Waals surface area (Å²) < 4.78 is 11.1. The predicted octanol–water partition coefficient (Wildman–Crippen LogP) is 4.50. The number of ether oxygens (including phenoxy) is 2. The molecule has 0 bridgehead atoms. The van der Waals surface area contributed by atoms with Crippen LogP contribution in [0.2, 0.25) is 0 Å². The molecule has 0 fully saturated rings. The largest absolute Gasteiger partial charge is 0.493 e. The number of benzene rings is 2. The van der Waals surface area contributed by atoms with Crippen LogP contribution in [-0.2, 0) is 0 Å². The zero-order valence-corrected chi connectivity index (χ0v) is 11.3. The van der Waals surface area contributed by atoms with Gasteiger partial charge in [0.25, 0.3) is 0 Å². The lowest BCUT2D eigenvalue weighted by molar-refractivity contribution is 0.247. The van der Waals surface area contributed by atoms with E-state index in [4.69, 9.17) is 20.3 Å². The van der Waals surface area contributed by atoms with E-state index in [1.54, 1.807) is 48.5 Å². The second kappa shape index (κ2) is 7.46. The molecule has 0 spiro atoms. The van der Waals surface area contributed by atoms with Crippen LogP contribution in [0.3, 0.4) is 0 Å². The van der Waals surface area contributed by atoms with Gasteiger partial charge in [0.15, 0.2) is 9.95 Å². The van der Waals surface area contributed by atoms with Gasteiger partial charge in [0.1, 0.15) is 11.5 Å². The van der Waals surface area contributed by atoms with Gasteiger partial charge in [-0.05, 0) is 24.3 Å². The van der Waals surface area contributed by atoms with Gasteiger partial charge >= 0.3 is 11.4 Å². The monoisotopic (exact) mass is 282 g/mol. The Morgan fingerprint density at radius 3 is 1.38 bits per heavy atom. The van der Waals surface area contributed by atoms with Gasteiger partial charge in [-0.1, -0.05) is 0 Å². The van der Waals surface area contributed by atoms with Gasteiger partial charge in [-0.15, -0.1) is 0 Å². The lowest BCUT2D eigenvalue weighted by atomic mass is 10.3. The Morgan fingerprint density at radius 2 is 1.05 bits per heavy atom. The molecule has 0 heterocycles. The Kier molecular flexibility index (Phi) is 5.08. The molecular weight excluding hydrogens is 268 g/mol. The van der Waals surface area contributed by atoms with Crippen LogP contribution >= 0.6 is 0 Å². The maximum atomic E-state index is 8.56. The van der Waals surface area contributed by atoms with Crippen LogP contribution in [0.4, 0.5) is 11.4 Å². The third kappa shape index (κ3) is 4.48. The SMILES string of the molecule is N#[N+]c1ccc(OCCCOc2ccc([N+]#N)cc2)cc1. The lowest BCUT2D eigenvalue weighted by Crippen LogP contribution is -2.04. The summed E-state index contributed by atoms with van der Waals surface area (Å²) in [5.41, 5.74) is 0.979. The lowest BCUT2D eigenvalue weighted by Gasteiger charge is -2.07. The highest BCUT2D eigenvalue weighted by Crippen LogP contribution is 2.19. The van der Waals surface area contributed by atoms with Crippen molar-refractivity contribution < 1.29 is 9.47 Å². The van der Waals surface area contributed by atoms with Crippen molar-refractivity contribution in [1.29, 1.82) is 10.8 Å². The third-order valence-corrected chi connectivity index (χ3v) is 2.73. The minimum atomic E-state index is 0.490. The molecule has 0 aliphatic heterocycles. The summed E-state index contributed by atoms with van der Waals surface area (Å²) in [6.07, 6.45) is 0.734. The molecule has 0 unspecified atom stereocenters. The number of rotatable bonds is 6. The van der Waals surface area contributed by atoms with Gasteiger partial charge in [-0.25, -0.2) is 0 Å². The Bertz CT molecular complexity index is 595. The van der Waals surface area contributed by atoms with Gasteiger partial charge < -0.3 is 9.47 Å². The van der Waals surface area contributed by atoms with Gasteiger partial charge in [0.2, 0.25) is 10.8 Å². The summed E-state index contributed by atoms with van der Waals surface area (Å²) >= 11 is 0. The minimum absolute atomic E-state index is 0.490. The minimum Gasteiger partial charge on any atom is -0.493 e. The first kappa shape index (κ1) is 14.3. The van der Waals surface area contributed by atoms with E-state index >= 15 is 0 Å². The van der Waals surface area contributed by atoms with Crippen LogP contribution in [0.25, 0.3) is 9.95 Å². The molecule has 6 heteroatoms. The first-order valence-corrected chi connectivity index (χ1v) is 6.48. The summed E-state index contributed by atoms with van der Waals surface area (Å²) in [4.78, 5) is 6.14. The molecule has 21 heavy (non-hydrogen) atoms. The van der Waals surface area contributed by atoms with E-state index in [2.05, 4.69) is 9.95 Å². The molecule has 2 aromatic rings. The molecule has 2 rings (SSSR count). The fourth-order valence-corrected chi connectivity index (χ4v) is 1.66. The highest BCUT2D eigenvalue weighted by molar-refractivity contribution is 5.47. The average Bonchev–Trinajstić information content (AvgIpc) is 2.55. The molecule has 0 N–H and O–H groups in total. The quantitative estimate of drug-likeness (QED) is 0.577. The Balaban J connectivity index is 1.67. The van der Waals surface area contributed by atoms with Crippen molar-refractivity contribution in [2.45, 2.75) is 6.42 Å². The standard InChI is InChI=1S/C15H14N4O2/c16-18-12-2-6-14(7-3-12)20-10-1-11-21-15-8-4-13(19-17)5-9-15/h2-9H,1,10-11H2/q+2. The molecule has 0 saturated heterocycles. The molecule has 0 atom stereocenters. The van der Waals surface area contributed by atoms with Gasteiger partial charge in [-0.3, -0.25) is 0 Å². The van der Waals surface area contributed by atoms with E-state index in [1.165, 1.54) is 0 Å². The molecule has 0 saturated carbocycles. The topological polar surface area (TPSA) is 74.8 Å². The molecule has 104 valence electrons. The molecule has 6 nitrogen and oxygen atoms in total. The fraction of sp³-hybridized carbons (Fsp3) is 0.200.